The first kappa shape index (κ1) is 48.7. The summed E-state index contributed by atoms with van der Waals surface area (Å²) in [6.45, 7) is 4.41. The molecule has 8 heteroatoms. The predicted molar refractivity (Wildman–Crippen MR) is 334 cm³/mol. The molecule has 2 aliphatic rings. The Morgan fingerprint density at radius 2 is 0.878 bits per heavy atom. The number of ketones is 1. The number of carbonyl (C=O) groups is 1. The van der Waals surface area contributed by atoms with Gasteiger partial charge in [0.25, 0.3) is 0 Å². The fourth-order valence-electron chi connectivity index (χ4n) is 12.5. The number of anilines is 3. The number of carbonyl (C=O) groups excluding carboxylic acids is 1. The third-order valence-corrected chi connectivity index (χ3v) is 18.3. The fourth-order valence-corrected chi connectivity index (χ4v) is 14.2. The van der Waals surface area contributed by atoms with Gasteiger partial charge in [0.05, 0.1) is 37.9 Å². The van der Waals surface area contributed by atoms with Crippen molar-refractivity contribution in [2.75, 3.05) is 4.90 Å². The Kier molecular flexibility index (Phi) is 11.2. The van der Waals surface area contributed by atoms with Crippen LogP contribution in [0, 0.1) is 13.8 Å². The molecular weight excluding hydrogens is 1030 g/mol. The lowest BCUT2D eigenvalue weighted by Crippen LogP contribution is -2.21. The van der Waals surface area contributed by atoms with E-state index in [1.807, 2.05) is 109 Å². The fraction of sp³-hybridized carbons (Fsp3) is 0.0270. The Morgan fingerprint density at radius 1 is 0.378 bits per heavy atom. The monoisotopic (exact) mass is 1080 g/mol. The quantitative estimate of drug-likeness (QED) is 0.175. The van der Waals surface area contributed by atoms with Crippen molar-refractivity contribution in [3.8, 4) is 39.4 Å². The van der Waals surface area contributed by atoms with Crippen LogP contribution < -0.4 is 15.1 Å². The number of para-hydroxylation sites is 4. The molecule has 390 valence electrons. The van der Waals surface area contributed by atoms with E-state index in [1.54, 1.807) is 24.3 Å². The minimum Gasteiger partial charge on any atom is -0.453 e. The molecule has 13 aromatic carbocycles. The summed E-state index contributed by atoms with van der Waals surface area (Å²) < 4.78 is 35.4. The molecule has 0 amide bonds. The number of fused-ring (bicyclic) bond motifs is 11. The first-order valence-electron chi connectivity index (χ1n) is 27.3. The van der Waals surface area contributed by atoms with Crippen molar-refractivity contribution in [3.05, 3.63) is 287 Å². The van der Waals surface area contributed by atoms with Crippen molar-refractivity contribution in [2.45, 2.75) is 23.6 Å². The van der Waals surface area contributed by atoms with Crippen LogP contribution in [0.15, 0.2) is 269 Å². The number of hydrogen-bond acceptors (Lipinski definition) is 6. The van der Waals surface area contributed by atoms with Gasteiger partial charge in [0.2, 0.25) is 9.84 Å². The van der Waals surface area contributed by atoms with E-state index >= 15 is 0 Å². The first-order valence-corrected chi connectivity index (χ1v) is 28.8. The summed E-state index contributed by atoms with van der Waals surface area (Å²) in [7, 11) is -3.81. The maximum atomic E-state index is 13.6. The molecule has 0 fully saturated rings. The molecule has 0 bridgehead atoms. The summed E-state index contributed by atoms with van der Waals surface area (Å²) in [5.74, 6) is 1.30. The van der Waals surface area contributed by atoms with E-state index < -0.39 is 9.84 Å². The van der Waals surface area contributed by atoms with Gasteiger partial charge in [-0.2, -0.15) is 0 Å². The Balaban J connectivity index is 0.000000140. The lowest BCUT2D eigenvalue weighted by Gasteiger charge is -2.32. The highest BCUT2D eigenvalue weighted by Gasteiger charge is 2.36. The molecule has 3 heterocycles. The van der Waals surface area contributed by atoms with Crippen LogP contribution in [0.25, 0.3) is 92.8 Å². The van der Waals surface area contributed by atoms with Crippen LogP contribution in [0.5, 0.6) is 11.5 Å². The molecular formula is C74H48N2O5S. The standard InChI is InChI=1S/C39H27NO.C35H21NO4S/c1-24-8-5-14-35-37(24)38-25(2)9-6-15-36(38)40(35)34-13-7-11-29-22-27(18-20-31(29)34)28-19-21-33-30(23-28)17-16-26-10-3-4-12-32(26)39(33)41;37-35-27-8-1-6-14-32(27)41(38,39)33-15-7-9-26(34(33)35)24-17-16-23-21-25(19-18-22(23)20-24)36-28-10-2-4-12-30(28)40-31-13-5-3-11-29(31)36/h3-23H,1-2H3;1-21H. The van der Waals surface area contributed by atoms with Gasteiger partial charge in [-0.05, 0) is 171 Å². The number of ether oxygens (including phenoxy) is 1. The van der Waals surface area contributed by atoms with Gasteiger partial charge < -0.3 is 14.2 Å². The maximum absolute atomic E-state index is 13.6. The largest absolute Gasteiger partial charge is 0.453 e. The molecule has 0 saturated heterocycles. The highest BCUT2D eigenvalue weighted by molar-refractivity contribution is 7.91. The van der Waals surface area contributed by atoms with Gasteiger partial charge in [0.15, 0.2) is 22.7 Å². The topological polar surface area (TPSA) is 85.7 Å². The molecule has 0 aliphatic carbocycles. The molecule has 0 unspecified atom stereocenters. The highest BCUT2D eigenvalue weighted by atomic mass is 32.2. The molecule has 0 N–H and O–H groups in total. The van der Waals surface area contributed by atoms with Crippen LogP contribution in [-0.2, 0) is 9.84 Å². The average Bonchev–Trinajstić information content (AvgIpc) is 2.85. The SMILES string of the molecule is Cc1cccc2c1c1c(C)cccc1n2-c1cccc2cc(-c3ccc4c(=O)c5ccccc5ccc4c3)ccc12.O=C1c2ccccc2S(=O)(=O)c2cccc(-c3ccc4cc(N5c6ccccc6Oc6ccccc65)ccc4c3)c21. The van der Waals surface area contributed by atoms with E-state index in [0.717, 1.165) is 77.6 Å². The molecule has 0 spiro atoms. The Bertz CT molecular complexity index is 5150. The Labute approximate surface area is 472 Å². The van der Waals surface area contributed by atoms with Crippen molar-refractivity contribution >= 4 is 97.6 Å². The van der Waals surface area contributed by atoms with Gasteiger partial charge in [0, 0.05) is 43.7 Å². The van der Waals surface area contributed by atoms with Gasteiger partial charge in [-0.25, -0.2) is 8.42 Å². The Morgan fingerprint density at radius 3 is 1.62 bits per heavy atom. The number of hydrogen-bond donors (Lipinski definition) is 0. The van der Waals surface area contributed by atoms with E-state index in [-0.39, 0.29) is 32.1 Å². The number of rotatable bonds is 4. The van der Waals surface area contributed by atoms with Crippen LogP contribution in [0.4, 0.5) is 17.1 Å². The number of benzene rings is 12. The number of aromatic nitrogens is 1. The minimum absolute atomic E-state index is 0.0544. The van der Waals surface area contributed by atoms with E-state index in [1.165, 1.54) is 61.5 Å². The summed E-state index contributed by atoms with van der Waals surface area (Å²) in [6, 6.07) is 84.2. The van der Waals surface area contributed by atoms with Crippen LogP contribution in [0.3, 0.4) is 0 Å². The second-order valence-corrected chi connectivity index (χ2v) is 23.1. The molecule has 82 heavy (non-hydrogen) atoms. The van der Waals surface area contributed by atoms with E-state index in [2.05, 4.69) is 133 Å². The van der Waals surface area contributed by atoms with Crippen molar-refractivity contribution < 1.29 is 17.9 Å². The molecule has 0 saturated carbocycles. The summed E-state index contributed by atoms with van der Waals surface area (Å²) in [6.07, 6.45) is 0. The van der Waals surface area contributed by atoms with Crippen LogP contribution in [0.1, 0.15) is 27.0 Å². The van der Waals surface area contributed by atoms with Gasteiger partial charge in [-0.1, -0.05) is 158 Å². The van der Waals surface area contributed by atoms with E-state index in [0.29, 0.717) is 5.56 Å². The Hall–Kier alpha value is -10.4. The maximum Gasteiger partial charge on any atom is 0.208 e. The van der Waals surface area contributed by atoms with Gasteiger partial charge in [-0.3, -0.25) is 9.59 Å². The zero-order valence-corrected chi connectivity index (χ0v) is 45.4. The van der Waals surface area contributed by atoms with Gasteiger partial charge in [-0.15, -0.1) is 0 Å². The highest BCUT2D eigenvalue weighted by Crippen LogP contribution is 2.51. The van der Waals surface area contributed by atoms with Crippen molar-refractivity contribution in [1.82, 2.24) is 4.57 Å². The normalized spacial score (nSPS) is 13.1. The van der Waals surface area contributed by atoms with Crippen molar-refractivity contribution in [2.24, 2.45) is 0 Å². The first-order chi connectivity index (χ1) is 40.1. The molecule has 16 rings (SSSR count). The zero-order chi connectivity index (χ0) is 55.4. The second-order valence-electron chi connectivity index (χ2n) is 21.2. The summed E-state index contributed by atoms with van der Waals surface area (Å²) in [5.41, 5.74) is 13.3. The van der Waals surface area contributed by atoms with E-state index in [4.69, 9.17) is 4.74 Å². The third-order valence-electron chi connectivity index (χ3n) is 16.4. The predicted octanol–water partition coefficient (Wildman–Crippen LogP) is 18.3. The molecule has 14 aromatic rings. The number of aryl methyl sites for hydroxylation is 2. The molecule has 7 nitrogen and oxygen atoms in total. The summed E-state index contributed by atoms with van der Waals surface area (Å²) in [5, 5.41) is 10.4. The van der Waals surface area contributed by atoms with Gasteiger partial charge >= 0.3 is 0 Å². The summed E-state index contributed by atoms with van der Waals surface area (Å²) >= 11 is 0. The van der Waals surface area contributed by atoms with Crippen LogP contribution in [0.2, 0.25) is 0 Å². The average molecular weight is 1080 g/mol. The smallest absolute Gasteiger partial charge is 0.208 e. The van der Waals surface area contributed by atoms with Crippen LogP contribution >= 0.6 is 0 Å². The third kappa shape index (κ3) is 7.67. The number of nitrogens with zero attached hydrogens (tertiary/aromatic N) is 2. The lowest BCUT2D eigenvalue weighted by molar-refractivity contribution is 0.103. The van der Waals surface area contributed by atoms with Crippen molar-refractivity contribution in [3.63, 3.8) is 0 Å². The molecule has 0 radical (unpaired) electrons. The zero-order valence-electron chi connectivity index (χ0n) is 44.6. The summed E-state index contributed by atoms with van der Waals surface area (Å²) in [4.78, 5) is 29.2. The minimum atomic E-state index is -3.81. The van der Waals surface area contributed by atoms with Crippen molar-refractivity contribution in [1.29, 1.82) is 0 Å². The van der Waals surface area contributed by atoms with E-state index in [9.17, 15) is 18.0 Å². The molecule has 2 aliphatic heterocycles. The van der Waals surface area contributed by atoms with Gasteiger partial charge in [0.1, 0.15) is 0 Å². The lowest BCUT2D eigenvalue weighted by atomic mass is 9.92. The number of sulfone groups is 1. The van der Waals surface area contributed by atoms with Crippen LogP contribution in [-0.4, -0.2) is 18.8 Å². The molecule has 1 aromatic heterocycles. The second kappa shape index (κ2) is 18.9. The molecule has 0 atom stereocenters.